The van der Waals surface area contributed by atoms with E-state index in [2.05, 4.69) is 65.9 Å². The van der Waals surface area contributed by atoms with Gasteiger partial charge in [0.15, 0.2) is 0 Å². The molecule has 13 heavy (non-hydrogen) atoms. The van der Waals surface area contributed by atoms with Crippen LogP contribution in [0.5, 0.6) is 0 Å². The van der Waals surface area contributed by atoms with Gasteiger partial charge in [-0.05, 0) is 47.1 Å². The van der Waals surface area contributed by atoms with Crippen LogP contribution in [-0.2, 0) is 5.41 Å². The number of hydrogen-bond acceptors (Lipinski definition) is 0. The molecular weight excluding hydrogens is 271 g/mol. The Balaban J connectivity index is 2.40. The molecule has 0 saturated carbocycles. The molecule has 1 heteroatoms. The highest BCUT2D eigenvalue weighted by atomic mass is 127. The molecule has 1 aromatic carbocycles. The first-order valence-electron chi connectivity index (χ1n) is 4.62. The molecule has 0 heterocycles. The van der Waals surface area contributed by atoms with Crippen molar-refractivity contribution < 1.29 is 0 Å². The van der Waals surface area contributed by atoms with E-state index in [1.165, 1.54) is 22.0 Å². The molecule has 1 aliphatic rings. The molecule has 0 nitrogen and oxygen atoms in total. The van der Waals surface area contributed by atoms with Crippen LogP contribution in [0, 0.1) is 3.57 Å². The highest BCUT2D eigenvalue weighted by Crippen LogP contribution is 2.38. The Bertz CT molecular complexity index is 331. The SMILES string of the molecule is CC1(c2ccccc2I)CC=CC1. The third kappa shape index (κ3) is 1.66. The molecule has 1 aromatic rings. The third-order valence-corrected chi connectivity index (χ3v) is 3.77. The Morgan fingerprint density at radius 2 is 1.77 bits per heavy atom. The van der Waals surface area contributed by atoms with Crippen LogP contribution in [0.4, 0.5) is 0 Å². The minimum absolute atomic E-state index is 0.359. The van der Waals surface area contributed by atoms with E-state index in [1.54, 1.807) is 0 Å². The third-order valence-electron chi connectivity index (χ3n) is 2.83. The van der Waals surface area contributed by atoms with E-state index < -0.39 is 0 Å². The van der Waals surface area contributed by atoms with Gasteiger partial charge in [-0.25, -0.2) is 0 Å². The van der Waals surface area contributed by atoms with Crippen molar-refractivity contribution in [1.82, 2.24) is 0 Å². The standard InChI is InChI=1S/C12H13I/c1-12(8-4-5-9-12)10-6-2-3-7-11(10)13/h2-7H,8-9H2,1H3. The van der Waals surface area contributed by atoms with E-state index in [-0.39, 0.29) is 0 Å². The van der Waals surface area contributed by atoms with Gasteiger partial charge in [-0.2, -0.15) is 0 Å². The average molecular weight is 284 g/mol. The number of benzene rings is 1. The van der Waals surface area contributed by atoms with Crippen molar-refractivity contribution in [3.05, 3.63) is 45.6 Å². The predicted molar refractivity (Wildman–Crippen MR) is 64.9 cm³/mol. The molecule has 0 N–H and O–H groups in total. The van der Waals surface area contributed by atoms with Gasteiger partial charge in [-0.1, -0.05) is 37.3 Å². The summed E-state index contributed by atoms with van der Waals surface area (Å²) in [5.74, 6) is 0. The molecule has 0 amide bonds. The van der Waals surface area contributed by atoms with Gasteiger partial charge in [0, 0.05) is 8.99 Å². The molecule has 0 atom stereocenters. The van der Waals surface area contributed by atoms with Crippen molar-refractivity contribution in [2.45, 2.75) is 25.2 Å². The van der Waals surface area contributed by atoms with Gasteiger partial charge in [-0.3, -0.25) is 0 Å². The summed E-state index contributed by atoms with van der Waals surface area (Å²) < 4.78 is 1.39. The summed E-state index contributed by atoms with van der Waals surface area (Å²) in [6, 6.07) is 8.70. The highest BCUT2D eigenvalue weighted by Gasteiger charge is 2.28. The number of hydrogen-bond donors (Lipinski definition) is 0. The smallest absolute Gasteiger partial charge is 0.0168 e. The zero-order chi connectivity index (χ0) is 9.31. The van der Waals surface area contributed by atoms with E-state index >= 15 is 0 Å². The lowest BCUT2D eigenvalue weighted by molar-refractivity contribution is 0.509. The van der Waals surface area contributed by atoms with Crippen molar-refractivity contribution in [3.63, 3.8) is 0 Å². The van der Waals surface area contributed by atoms with Crippen LogP contribution < -0.4 is 0 Å². The Labute approximate surface area is 93.2 Å². The molecule has 0 bridgehead atoms. The fourth-order valence-corrected chi connectivity index (χ4v) is 2.98. The second-order valence-corrected chi connectivity index (χ2v) is 5.08. The number of halogens is 1. The van der Waals surface area contributed by atoms with Crippen molar-refractivity contribution in [2.24, 2.45) is 0 Å². The summed E-state index contributed by atoms with van der Waals surface area (Å²) in [4.78, 5) is 0. The van der Waals surface area contributed by atoms with Gasteiger partial charge in [0.2, 0.25) is 0 Å². The van der Waals surface area contributed by atoms with Crippen molar-refractivity contribution >= 4 is 22.6 Å². The lowest BCUT2D eigenvalue weighted by atomic mass is 9.80. The van der Waals surface area contributed by atoms with Crippen molar-refractivity contribution in [3.8, 4) is 0 Å². The highest BCUT2D eigenvalue weighted by molar-refractivity contribution is 14.1. The molecule has 0 radical (unpaired) electrons. The van der Waals surface area contributed by atoms with E-state index in [1.807, 2.05) is 0 Å². The van der Waals surface area contributed by atoms with Crippen LogP contribution in [0.1, 0.15) is 25.3 Å². The fourth-order valence-electron chi connectivity index (χ4n) is 1.94. The Hall–Kier alpha value is -0.310. The first-order valence-corrected chi connectivity index (χ1v) is 5.70. The summed E-state index contributed by atoms with van der Waals surface area (Å²) in [5.41, 5.74) is 1.86. The molecule has 1 aliphatic carbocycles. The van der Waals surface area contributed by atoms with E-state index in [4.69, 9.17) is 0 Å². The molecule has 0 spiro atoms. The summed E-state index contributed by atoms with van der Waals surface area (Å²) in [5, 5.41) is 0. The van der Waals surface area contributed by atoms with Crippen molar-refractivity contribution in [1.29, 1.82) is 0 Å². The molecule has 0 unspecified atom stereocenters. The molecule has 0 aromatic heterocycles. The first-order chi connectivity index (χ1) is 6.22. The second kappa shape index (κ2) is 3.45. The van der Waals surface area contributed by atoms with Gasteiger partial charge in [0.25, 0.3) is 0 Å². The van der Waals surface area contributed by atoms with Crippen LogP contribution in [0.25, 0.3) is 0 Å². The van der Waals surface area contributed by atoms with Gasteiger partial charge in [0.1, 0.15) is 0 Å². The maximum absolute atomic E-state index is 2.43. The summed E-state index contributed by atoms with van der Waals surface area (Å²) in [6.45, 7) is 2.35. The second-order valence-electron chi connectivity index (χ2n) is 3.92. The predicted octanol–water partition coefficient (Wildman–Crippen LogP) is 3.90. The van der Waals surface area contributed by atoms with Crippen LogP contribution in [-0.4, -0.2) is 0 Å². The fraction of sp³-hybridized carbons (Fsp3) is 0.333. The average Bonchev–Trinajstić information content (AvgIpc) is 2.54. The number of allylic oxidation sites excluding steroid dienone is 2. The summed E-state index contributed by atoms with van der Waals surface area (Å²) in [6.07, 6.45) is 6.96. The van der Waals surface area contributed by atoms with Crippen molar-refractivity contribution in [2.75, 3.05) is 0 Å². The normalized spacial score (nSPS) is 19.2. The van der Waals surface area contributed by atoms with Crippen LogP contribution in [0.3, 0.4) is 0 Å². The van der Waals surface area contributed by atoms with Gasteiger partial charge in [-0.15, -0.1) is 0 Å². The Kier molecular flexibility index (Phi) is 2.45. The summed E-state index contributed by atoms with van der Waals surface area (Å²) >= 11 is 2.43. The lowest BCUT2D eigenvalue weighted by Gasteiger charge is -2.25. The van der Waals surface area contributed by atoms with E-state index in [0.29, 0.717) is 5.41 Å². The van der Waals surface area contributed by atoms with Gasteiger partial charge in [0.05, 0.1) is 0 Å². The largest absolute Gasteiger partial charge is 0.0876 e. The molecule has 0 saturated heterocycles. The maximum Gasteiger partial charge on any atom is 0.0168 e. The Morgan fingerprint density at radius 3 is 2.38 bits per heavy atom. The monoisotopic (exact) mass is 284 g/mol. The van der Waals surface area contributed by atoms with Crippen LogP contribution >= 0.6 is 22.6 Å². The van der Waals surface area contributed by atoms with E-state index in [9.17, 15) is 0 Å². The molecular formula is C12H13I. The lowest BCUT2D eigenvalue weighted by Crippen LogP contribution is -2.18. The quantitative estimate of drug-likeness (QED) is 0.542. The molecule has 0 fully saturated rings. The topological polar surface area (TPSA) is 0 Å². The molecule has 68 valence electrons. The Morgan fingerprint density at radius 1 is 1.15 bits per heavy atom. The maximum atomic E-state index is 2.43. The minimum Gasteiger partial charge on any atom is -0.0876 e. The number of rotatable bonds is 1. The zero-order valence-corrected chi connectivity index (χ0v) is 9.91. The van der Waals surface area contributed by atoms with Gasteiger partial charge < -0.3 is 0 Å². The minimum atomic E-state index is 0.359. The first kappa shape index (κ1) is 9.25. The van der Waals surface area contributed by atoms with Crippen LogP contribution in [0.2, 0.25) is 0 Å². The summed E-state index contributed by atoms with van der Waals surface area (Å²) in [7, 11) is 0. The van der Waals surface area contributed by atoms with Gasteiger partial charge >= 0.3 is 0 Å². The van der Waals surface area contributed by atoms with Crippen LogP contribution in [0.15, 0.2) is 36.4 Å². The molecule has 2 rings (SSSR count). The van der Waals surface area contributed by atoms with E-state index in [0.717, 1.165) is 0 Å². The zero-order valence-electron chi connectivity index (χ0n) is 7.76. The molecule has 0 aliphatic heterocycles.